The molecule has 0 aliphatic carbocycles. The number of hydrogen-bond acceptors (Lipinski definition) is 6. The number of ether oxygens (including phenoxy) is 1. The first-order valence-corrected chi connectivity index (χ1v) is 9.12. The Hall–Kier alpha value is -1.89. The molecule has 1 aromatic rings. The van der Waals surface area contributed by atoms with Crippen molar-refractivity contribution in [2.45, 2.75) is 26.7 Å². The van der Waals surface area contributed by atoms with Gasteiger partial charge in [-0.05, 0) is 18.6 Å². The zero-order chi connectivity index (χ0) is 17.8. The van der Waals surface area contributed by atoms with Crippen molar-refractivity contribution in [1.29, 1.82) is 0 Å². The molecule has 0 fully saturated rings. The number of thioether (sulfide) groups is 1. The third-order valence-electron chi connectivity index (χ3n) is 3.14. The second kappa shape index (κ2) is 11.6. The van der Waals surface area contributed by atoms with Crippen molar-refractivity contribution in [2.24, 2.45) is 5.92 Å². The molecule has 1 atom stereocenters. The first-order valence-electron chi connectivity index (χ1n) is 7.96. The van der Waals surface area contributed by atoms with Gasteiger partial charge in [0.15, 0.2) is 5.78 Å². The Balaban J connectivity index is 2.59. The van der Waals surface area contributed by atoms with Crippen LogP contribution in [-0.2, 0) is 14.3 Å². The lowest BCUT2D eigenvalue weighted by atomic mass is 9.97. The maximum absolute atomic E-state index is 12.6. The predicted molar refractivity (Wildman–Crippen MR) is 93.9 cm³/mol. The van der Waals surface area contributed by atoms with E-state index in [1.54, 1.807) is 18.3 Å². The first kappa shape index (κ1) is 20.2. The van der Waals surface area contributed by atoms with E-state index in [1.807, 2.05) is 6.92 Å². The van der Waals surface area contributed by atoms with Crippen LogP contribution < -0.4 is 5.32 Å². The third-order valence-corrected chi connectivity index (χ3v) is 4.27. The molecule has 0 saturated heterocycles. The Morgan fingerprint density at radius 3 is 2.79 bits per heavy atom. The number of rotatable bonds is 11. The Morgan fingerprint density at radius 1 is 1.38 bits per heavy atom. The van der Waals surface area contributed by atoms with Gasteiger partial charge in [0.1, 0.15) is 0 Å². The maximum atomic E-state index is 12.6. The molecule has 0 spiro atoms. The van der Waals surface area contributed by atoms with Crippen LogP contribution in [0, 0.1) is 5.92 Å². The number of esters is 1. The van der Waals surface area contributed by atoms with Gasteiger partial charge < -0.3 is 10.1 Å². The molecule has 7 heteroatoms. The molecule has 1 aromatic heterocycles. The lowest BCUT2D eigenvalue weighted by molar-refractivity contribution is -0.144. The number of carbonyl (C=O) groups is 3. The van der Waals surface area contributed by atoms with Crippen LogP contribution in [0.3, 0.4) is 0 Å². The predicted octanol–water partition coefficient (Wildman–Crippen LogP) is 2.09. The minimum absolute atomic E-state index is 0.0564. The molecular weight excluding hydrogens is 328 g/mol. The van der Waals surface area contributed by atoms with Crippen LogP contribution in [0.4, 0.5) is 0 Å². The Kier molecular flexibility index (Phi) is 9.76. The van der Waals surface area contributed by atoms with E-state index in [0.29, 0.717) is 30.2 Å². The first-order chi connectivity index (χ1) is 11.5. The van der Waals surface area contributed by atoms with Crippen molar-refractivity contribution >= 4 is 29.4 Å². The summed E-state index contributed by atoms with van der Waals surface area (Å²) in [5.41, 5.74) is 0.494. The van der Waals surface area contributed by atoms with Crippen molar-refractivity contribution in [3.63, 3.8) is 0 Å². The number of pyridine rings is 1. The highest BCUT2D eigenvalue weighted by Crippen LogP contribution is 2.18. The van der Waals surface area contributed by atoms with Crippen LogP contribution >= 0.6 is 11.8 Å². The van der Waals surface area contributed by atoms with Crippen LogP contribution in [-0.4, -0.2) is 47.3 Å². The molecule has 1 amide bonds. The van der Waals surface area contributed by atoms with Gasteiger partial charge in [0.25, 0.3) is 0 Å². The van der Waals surface area contributed by atoms with Gasteiger partial charge in [-0.1, -0.05) is 6.92 Å². The van der Waals surface area contributed by atoms with Crippen molar-refractivity contribution in [1.82, 2.24) is 10.3 Å². The number of nitrogens with one attached hydrogen (secondary N) is 1. The summed E-state index contributed by atoms with van der Waals surface area (Å²) in [4.78, 5) is 39.3. The molecule has 1 N–H and O–H groups in total. The summed E-state index contributed by atoms with van der Waals surface area (Å²) in [6.45, 7) is 4.28. The van der Waals surface area contributed by atoms with Crippen LogP contribution in [0.1, 0.15) is 37.0 Å². The van der Waals surface area contributed by atoms with Gasteiger partial charge in [-0.3, -0.25) is 19.4 Å². The van der Waals surface area contributed by atoms with Gasteiger partial charge >= 0.3 is 5.97 Å². The minimum Gasteiger partial charge on any atom is -0.466 e. The molecule has 1 unspecified atom stereocenters. The largest absolute Gasteiger partial charge is 0.466 e. The van der Waals surface area contributed by atoms with Crippen LogP contribution in [0.15, 0.2) is 24.5 Å². The van der Waals surface area contributed by atoms with Gasteiger partial charge in [0.05, 0.1) is 13.0 Å². The second-order valence-electron chi connectivity index (χ2n) is 5.29. The molecule has 1 heterocycles. The lowest BCUT2D eigenvalue weighted by Crippen LogP contribution is -2.25. The molecule has 0 saturated carbocycles. The summed E-state index contributed by atoms with van der Waals surface area (Å²) in [6, 6.07) is 3.39. The molecular formula is C17H24N2O4S. The average molecular weight is 352 g/mol. The van der Waals surface area contributed by atoms with E-state index in [-0.39, 0.29) is 24.1 Å². The van der Waals surface area contributed by atoms with Gasteiger partial charge in [-0.2, -0.15) is 11.8 Å². The summed E-state index contributed by atoms with van der Waals surface area (Å²) < 4.78 is 5.09. The molecule has 132 valence electrons. The SMILES string of the molecule is CCCOC(=O)CC(CSCCNC(C)=O)C(=O)c1cccnc1. The summed E-state index contributed by atoms with van der Waals surface area (Å²) in [7, 11) is 0. The zero-order valence-corrected chi connectivity index (χ0v) is 14.9. The number of carbonyl (C=O) groups excluding carboxylic acids is 3. The number of amides is 1. The molecule has 1 rings (SSSR count). The van der Waals surface area contributed by atoms with Crippen LogP contribution in [0.2, 0.25) is 0 Å². The highest BCUT2D eigenvalue weighted by atomic mass is 32.2. The summed E-state index contributed by atoms with van der Waals surface area (Å²) in [5, 5.41) is 2.70. The van der Waals surface area contributed by atoms with Crippen molar-refractivity contribution in [3.05, 3.63) is 30.1 Å². The number of aromatic nitrogens is 1. The zero-order valence-electron chi connectivity index (χ0n) is 14.1. The normalized spacial score (nSPS) is 11.6. The lowest BCUT2D eigenvalue weighted by Gasteiger charge is -2.15. The topological polar surface area (TPSA) is 85.4 Å². The summed E-state index contributed by atoms with van der Waals surface area (Å²) in [5.74, 6) is 0.169. The molecule has 6 nitrogen and oxygen atoms in total. The fourth-order valence-corrected chi connectivity index (χ4v) is 2.94. The van der Waals surface area contributed by atoms with Gasteiger partial charge in [-0.25, -0.2) is 0 Å². The fraction of sp³-hybridized carbons (Fsp3) is 0.529. The van der Waals surface area contributed by atoms with E-state index in [4.69, 9.17) is 4.74 Å². The second-order valence-corrected chi connectivity index (χ2v) is 6.44. The van der Waals surface area contributed by atoms with Crippen LogP contribution in [0.25, 0.3) is 0 Å². The van der Waals surface area contributed by atoms with E-state index in [1.165, 1.54) is 24.9 Å². The summed E-state index contributed by atoms with van der Waals surface area (Å²) in [6.07, 6.45) is 3.91. The Labute approximate surface area is 146 Å². The standard InChI is InChI=1S/C17H24N2O4S/c1-3-8-23-16(21)10-15(12-24-9-7-19-13(2)20)17(22)14-5-4-6-18-11-14/h4-6,11,15H,3,7-10,12H2,1-2H3,(H,19,20). The number of hydrogen-bond donors (Lipinski definition) is 1. The monoisotopic (exact) mass is 352 g/mol. The van der Waals surface area contributed by atoms with Crippen molar-refractivity contribution in [3.8, 4) is 0 Å². The maximum Gasteiger partial charge on any atom is 0.306 e. The highest BCUT2D eigenvalue weighted by molar-refractivity contribution is 7.99. The van der Waals surface area contributed by atoms with E-state index < -0.39 is 5.92 Å². The number of nitrogens with zero attached hydrogens (tertiary/aromatic N) is 1. The van der Waals surface area contributed by atoms with E-state index >= 15 is 0 Å². The van der Waals surface area contributed by atoms with Gasteiger partial charge in [0, 0.05) is 48.8 Å². The molecule has 0 radical (unpaired) electrons. The van der Waals surface area contributed by atoms with E-state index in [2.05, 4.69) is 10.3 Å². The molecule has 0 aromatic carbocycles. The minimum atomic E-state index is -0.458. The Bertz CT molecular complexity index is 537. The van der Waals surface area contributed by atoms with Gasteiger partial charge in [-0.15, -0.1) is 0 Å². The van der Waals surface area contributed by atoms with Gasteiger partial charge in [0.2, 0.25) is 5.91 Å². The Morgan fingerprint density at radius 2 is 2.17 bits per heavy atom. The van der Waals surface area contributed by atoms with E-state index in [9.17, 15) is 14.4 Å². The smallest absolute Gasteiger partial charge is 0.306 e. The third kappa shape index (κ3) is 8.10. The van der Waals surface area contributed by atoms with Crippen LogP contribution in [0.5, 0.6) is 0 Å². The molecule has 0 aliphatic rings. The van der Waals surface area contributed by atoms with Crippen molar-refractivity contribution < 1.29 is 19.1 Å². The highest BCUT2D eigenvalue weighted by Gasteiger charge is 2.24. The van der Waals surface area contributed by atoms with Crippen molar-refractivity contribution in [2.75, 3.05) is 24.7 Å². The number of Topliss-reactive ketones (excluding diaryl/α,β-unsaturated/α-hetero) is 1. The summed E-state index contributed by atoms with van der Waals surface area (Å²) >= 11 is 1.53. The quantitative estimate of drug-likeness (QED) is 0.373. The van der Waals surface area contributed by atoms with E-state index in [0.717, 1.165) is 6.42 Å². The molecule has 0 bridgehead atoms. The fourth-order valence-electron chi connectivity index (χ4n) is 1.97. The number of ketones is 1. The molecule has 0 aliphatic heterocycles. The molecule has 24 heavy (non-hydrogen) atoms. The average Bonchev–Trinajstić information content (AvgIpc) is 2.58.